The summed E-state index contributed by atoms with van der Waals surface area (Å²) in [5.41, 5.74) is 7.15. The maximum Gasteiger partial charge on any atom is 0.232 e. The van der Waals surface area contributed by atoms with Crippen LogP contribution in [-0.2, 0) is 6.42 Å². The zero-order chi connectivity index (χ0) is 12.4. The zero-order valence-electron chi connectivity index (χ0n) is 10.2. The van der Waals surface area contributed by atoms with Gasteiger partial charge in [0.25, 0.3) is 0 Å². The molecule has 2 N–H and O–H groups in total. The van der Waals surface area contributed by atoms with Crippen LogP contribution < -0.4 is 5.73 Å². The number of hydrogen-bond donors (Lipinski definition) is 1. The first-order valence-corrected chi connectivity index (χ1v) is 6.34. The Balaban J connectivity index is 1.71. The van der Waals surface area contributed by atoms with Crippen LogP contribution in [0.4, 0.5) is 5.69 Å². The highest BCUT2D eigenvalue weighted by atomic mass is 16.5. The van der Waals surface area contributed by atoms with Gasteiger partial charge in [0.05, 0.1) is 18.3 Å². The predicted octanol–water partition coefficient (Wildman–Crippen LogP) is 2.30. The quantitative estimate of drug-likeness (QED) is 0.896. The van der Waals surface area contributed by atoms with Crippen LogP contribution >= 0.6 is 0 Å². The third kappa shape index (κ3) is 2.34. The Morgan fingerprint density at radius 3 is 2.83 bits per heavy atom. The van der Waals surface area contributed by atoms with Gasteiger partial charge in [-0.15, -0.1) is 0 Å². The second-order valence-electron chi connectivity index (χ2n) is 4.79. The number of anilines is 1. The maximum absolute atomic E-state index is 5.59. The molecule has 2 heterocycles. The van der Waals surface area contributed by atoms with Crippen molar-refractivity contribution in [2.75, 3.05) is 5.73 Å². The SMILES string of the molecule is Nc1ccc(Cc2nc(C3CCCC3)no2)nc1. The standard InChI is InChI=1S/C13H16N4O/c14-10-5-6-11(15-8-10)7-12-16-13(17-18-12)9-3-1-2-4-9/h5-6,8-9H,1-4,7,14H2. The number of nitrogen functional groups attached to an aromatic ring is 1. The Hall–Kier alpha value is -1.91. The molecule has 0 amide bonds. The van der Waals surface area contributed by atoms with Gasteiger partial charge in [-0.1, -0.05) is 18.0 Å². The fourth-order valence-corrected chi connectivity index (χ4v) is 2.39. The molecule has 5 heteroatoms. The first kappa shape index (κ1) is 11.2. The summed E-state index contributed by atoms with van der Waals surface area (Å²) in [5, 5.41) is 4.07. The molecule has 0 unspecified atom stereocenters. The summed E-state index contributed by atoms with van der Waals surface area (Å²) in [7, 11) is 0. The lowest BCUT2D eigenvalue weighted by Gasteiger charge is -1.99. The van der Waals surface area contributed by atoms with Gasteiger partial charge in [0, 0.05) is 11.6 Å². The van der Waals surface area contributed by atoms with Gasteiger partial charge in [0.15, 0.2) is 5.82 Å². The van der Waals surface area contributed by atoms with Crippen molar-refractivity contribution in [2.45, 2.75) is 38.0 Å². The van der Waals surface area contributed by atoms with Crippen molar-refractivity contribution in [1.82, 2.24) is 15.1 Å². The Bertz CT molecular complexity index is 514. The van der Waals surface area contributed by atoms with Crippen LogP contribution in [0.25, 0.3) is 0 Å². The van der Waals surface area contributed by atoms with Crippen molar-refractivity contribution in [2.24, 2.45) is 0 Å². The molecule has 1 aliphatic carbocycles. The normalized spacial score (nSPS) is 16.2. The fourth-order valence-electron chi connectivity index (χ4n) is 2.39. The molecule has 0 bridgehead atoms. The average Bonchev–Trinajstić information content (AvgIpc) is 3.02. The number of pyridine rings is 1. The number of rotatable bonds is 3. The largest absolute Gasteiger partial charge is 0.397 e. The van der Waals surface area contributed by atoms with Crippen LogP contribution in [0.2, 0.25) is 0 Å². The Morgan fingerprint density at radius 1 is 1.28 bits per heavy atom. The van der Waals surface area contributed by atoms with Crippen LogP contribution in [-0.4, -0.2) is 15.1 Å². The summed E-state index contributed by atoms with van der Waals surface area (Å²) in [4.78, 5) is 8.69. The van der Waals surface area contributed by atoms with E-state index in [0.29, 0.717) is 23.9 Å². The van der Waals surface area contributed by atoms with E-state index in [4.69, 9.17) is 10.3 Å². The number of hydrogen-bond acceptors (Lipinski definition) is 5. The summed E-state index contributed by atoms with van der Waals surface area (Å²) in [5.74, 6) is 1.98. The van der Waals surface area contributed by atoms with Crippen molar-refractivity contribution < 1.29 is 4.52 Å². The van der Waals surface area contributed by atoms with Crippen molar-refractivity contribution in [3.63, 3.8) is 0 Å². The molecular weight excluding hydrogens is 228 g/mol. The molecule has 3 rings (SSSR count). The number of nitrogens with zero attached hydrogens (tertiary/aromatic N) is 3. The molecule has 5 nitrogen and oxygen atoms in total. The number of aromatic nitrogens is 3. The summed E-state index contributed by atoms with van der Waals surface area (Å²) < 4.78 is 5.28. The van der Waals surface area contributed by atoms with Crippen molar-refractivity contribution >= 4 is 5.69 Å². The second kappa shape index (κ2) is 4.76. The lowest BCUT2D eigenvalue weighted by atomic mass is 10.1. The van der Waals surface area contributed by atoms with Crippen LogP contribution in [0.3, 0.4) is 0 Å². The van der Waals surface area contributed by atoms with Crippen molar-refractivity contribution in [3.05, 3.63) is 35.7 Å². The molecular formula is C13H16N4O. The molecule has 2 aromatic heterocycles. The maximum atomic E-state index is 5.59. The van der Waals surface area contributed by atoms with Gasteiger partial charge in [-0.25, -0.2) is 0 Å². The molecule has 94 valence electrons. The van der Waals surface area contributed by atoms with E-state index in [1.54, 1.807) is 6.20 Å². The van der Waals surface area contributed by atoms with E-state index in [9.17, 15) is 0 Å². The Labute approximate surface area is 105 Å². The molecule has 0 spiro atoms. The van der Waals surface area contributed by atoms with E-state index >= 15 is 0 Å². The summed E-state index contributed by atoms with van der Waals surface area (Å²) >= 11 is 0. The minimum absolute atomic E-state index is 0.488. The molecule has 0 atom stereocenters. The molecule has 1 saturated carbocycles. The van der Waals surface area contributed by atoms with E-state index in [0.717, 1.165) is 11.5 Å². The summed E-state index contributed by atoms with van der Waals surface area (Å²) in [6.07, 6.45) is 7.11. The summed E-state index contributed by atoms with van der Waals surface area (Å²) in [6, 6.07) is 3.71. The molecule has 0 aliphatic heterocycles. The Morgan fingerprint density at radius 2 is 2.11 bits per heavy atom. The highest BCUT2D eigenvalue weighted by Gasteiger charge is 2.22. The topological polar surface area (TPSA) is 77.8 Å². The predicted molar refractivity (Wildman–Crippen MR) is 67.0 cm³/mol. The van der Waals surface area contributed by atoms with Crippen LogP contribution in [0, 0.1) is 0 Å². The highest BCUT2D eigenvalue weighted by molar-refractivity contribution is 5.34. The molecule has 1 fully saturated rings. The van der Waals surface area contributed by atoms with Crippen LogP contribution in [0.1, 0.15) is 49.0 Å². The van der Waals surface area contributed by atoms with Crippen LogP contribution in [0.15, 0.2) is 22.9 Å². The van der Waals surface area contributed by atoms with Gasteiger partial charge in [0.2, 0.25) is 5.89 Å². The molecule has 0 aromatic carbocycles. The molecule has 0 radical (unpaired) electrons. The van der Waals surface area contributed by atoms with E-state index < -0.39 is 0 Å². The lowest BCUT2D eigenvalue weighted by Crippen LogP contribution is -1.97. The minimum atomic E-state index is 0.488. The van der Waals surface area contributed by atoms with E-state index in [1.165, 1.54) is 25.7 Å². The van der Waals surface area contributed by atoms with Gasteiger partial charge in [0.1, 0.15) is 0 Å². The molecule has 18 heavy (non-hydrogen) atoms. The number of nitrogens with two attached hydrogens (primary N) is 1. The monoisotopic (exact) mass is 244 g/mol. The molecule has 0 saturated heterocycles. The molecule has 2 aromatic rings. The Kier molecular flexibility index (Phi) is 2.96. The fraction of sp³-hybridized carbons (Fsp3) is 0.462. The van der Waals surface area contributed by atoms with E-state index in [-0.39, 0.29) is 0 Å². The van der Waals surface area contributed by atoms with E-state index in [1.807, 2.05) is 12.1 Å². The summed E-state index contributed by atoms with van der Waals surface area (Å²) in [6.45, 7) is 0. The van der Waals surface area contributed by atoms with Gasteiger partial charge >= 0.3 is 0 Å². The average molecular weight is 244 g/mol. The molecule has 1 aliphatic rings. The lowest BCUT2D eigenvalue weighted by molar-refractivity contribution is 0.375. The third-order valence-corrected chi connectivity index (χ3v) is 3.38. The zero-order valence-corrected chi connectivity index (χ0v) is 10.2. The van der Waals surface area contributed by atoms with Crippen molar-refractivity contribution in [3.8, 4) is 0 Å². The van der Waals surface area contributed by atoms with Crippen molar-refractivity contribution in [1.29, 1.82) is 0 Å². The minimum Gasteiger partial charge on any atom is -0.397 e. The van der Waals surface area contributed by atoms with Gasteiger partial charge < -0.3 is 10.3 Å². The van der Waals surface area contributed by atoms with Gasteiger partial charge in [-0.3, -0.25) is 4.98 Å². The highest BCUT2D eigenvalue weighted by Crippen LogP contribution is 2.32. The smallest absolute Gasteiger partial charge is 0.232 e. The van der Waals surface area contributed by atoms with Gasteiger partial charge in [-0.05, 0) is 25.0 Å². The third-order valence-electron chi connectivity index (χ3n) is 3.38. The van der Waals surface area contributed by atoms with Crippen LogP contribution in [0.5, 0.6) is 0 Å². The van der Waals surface area contributed by atoms with E-state index in [2.05, 4.69) is 15.1 Å². The first-order chi connectivity index (χ1) is 8.81. The second-order valence-corrected chi connectivity index (χ2v) is 4.79. The van der Waals surface area contributed by atoms with Gasteiger partial charge in [-0.2, -0.15) is 4.98 Å². The first-order valence-electron chi connectivity index (χ1n) is 6.34.